The number of pyridine rings is 1. The zero-order valence-electron chi connectivity index (χ0n) is 9.00. The third-order valence-electron chi connectivity index (χ3n) is 2.41. The number of nitrogens with one attached hydrogen (secondary N) is 1. The van der Waals surface area contributed by atoms with Crippen LogP contribution < -0.4 is 10.5 Å². The normalized spacial score (nSPS) is 10.8. The second-order valence-corrected chi connectivity index (χ2v) is 3.55. The lowest BCUT2D eigenvalue weighted by Gasteiger charge is -2.04. The van der Waals surface area contributed by atoms with E-state index in [1.165, 1.54) is 0 Å². The molecule has 0 aliphatic heterocycles. The number of fused-ring (bicyclic) bond motifs is 1. The van der Waals surface area contributed by atoms with Crippen molar-refractivity contribution in [2.75, 3.05) is 12.3 Å². The first-order valence-corrected chi connectivity index (χ1v) is 5.09. The van der Waals surface area contributed by atoms with Gasteiger partial charge in [-0.3, -0.25) is 0 Å². The second-order valence-electron chi connectivity index (χ2n) is 3.55. The predicted octanol–water partition coefficient (Wildman–Crippen LogP) is 2.24. The highest BCUT2D eigenvalue weighted by Gasteiger charge is 2.10. The average molecular weight is 205 g/mol. The van der Waals surface area contributed by atoms with Crippen molar-refractivity contribution in [3.63, 3.8) is 0 Å². The maximum absolute atomic E-state index is 5.81. The van der Waals surface area contributed by atoms with Gasteiger partial charge in [-0.15, -0.1) is 0 Å². The van der Waals surface area contributed by atoms with Gasteiger partial charge >= 0.3 is 0 Å². The third-order valence-corrected chi connectivity index (χ3v) is 2.41. The number of aromatic nitrogens is 2. The van der Waals surface area contributed by atoms with Crippen LogP contribution in [0.3, 0.4) is 0 Å². The van der Waals surface area contributed by atoms with E-state index in [1.54, 1.807) is 6.20 Å². The Bertz CT molecular complexity index is 476. The van der Waals surface area contributed by atoms with E-state index in [0.29, 0.717) is 18.3 Å². The SMILES string of the molecule is CCCOc1nccc2[nH]c(N)c(C)c12. The summed E-state index contributed by atoms with van der Waals surface area (Å²) in [4.78, 5) is 7.32. The molecule has 2 rings (SSSR count). The Kier molecular flexibility index (Phi) is 2.49. The van der Waals surface area contributed by atoms with E-state index in [2.05, 4.69) is 16.9 Å². The Morgan fingerprint density at radius 3 is 3.07 bits per heavy atom. The summed E-state index contributed by atoms with van der Waals surface area (Å²) in [6.45, 7) is 4.71. The molecule has 4 nitrogen and oxygen atoms in total. The van der Waals surface area contributed by atoms with Crippen molar-refractivity contribution in [1.29, 1.82) is 0 Å². The van der Waals surface area contributed by atoms with Crippen molar-refractivity contribution in [3.05, 3.63) is 17.8 Å². The average Bonchev–Trinajstić information content (AvgIpc) is 2.53. The summed E-state index contributed by atoms with van der Waals surface area (Å²) in [6, 6.07) is 1.90. The van der Waals surface area contributed by atoms with Crippen LogP contribution >= 0.6 is 0 Å². The molecule has 0 aliphatic carbocycles. The van der Waals surface area contributed by atoms with Gasteiger partial charge in [-0.2, -0.15) is 0 Å². The summed E-state index contributed by atoms with van der Waals surface area (Å²) in [5.41, 5.74) is 7.79. The van der Waals surface area contributed by atoms with Crippen LogP contribution in [-0.2, 0) is 0 Å². The van der Waals surface area contributed by atoms with E-state index < -0.39 is 0 Å². The van der Waals surface area contributed by atoms with Crippen LogP contribution in [0.4, 0.5) is 5.82 Å². The number of anilines is 1. The third kappa shape index (κ3) is 1.63. The smallest absolute Gasteiger partial charge is 0.223 e. The minimum absolute atomic E-state index is 0.666. The van der Waals surface area contributed by atoms with Gasteiger partial charge in [-0.1, -0.05) is 6.92 Å². The maximum Gasteiger partial charge on any atom is 0.223 e. The van der Waals surface area contributed by atoms with Crippen molar-refractivity contribution in [3.8, 4) is 5.88 Å². The molecule has 0 amide bonds. The van der Waals surface area contributed by atoms with E-state index in [0.717, 1.165) is 22.9 Å². The zero-order valence-corrected chi connectivity index (χ0v) is 9.00. The Balaban J connectivity index is 2.53. The summed E-state index contributed by atoms with van der Waals surface area (Å²) in [5.74, 6) is 1.35. The van der Waals surface area contributed by atoms with Crippen molar-refractivity contribution in [2.45, 2.75) is 20.3 Å². The molecule has 0 saturated carbocycles. The number of hydrogen-bond donors (Lipinski definition) is 2. The first kappa shape index (κ1) is 9.83. The monoisotopic (exact) mass is 205 g/mol. The minimum Gasteiger partial charge on any atom is -0.477 e. The van der Waals surface area contributed by atoms with Crippen LogP contribution in [0.15, 0.2) is 12.3 Å². The van der Waals surface area contributed by atoms with Crippen molar-refractivity contribution < 1.29 is 4.74 Å². The van der Waals surface area contributed by atoms with Gasteiger partial charge in [0.1, 0.15) is 5.82 Å². The molecule has 2 aromatic heterocycles. The highest BCUT2D eigenvalue weighted by atomic mass is 16.5. The number of rotatable bonds is 3. The molecule has 0 spiro atoms. The minimum atomic E-state index is 0.666. The highest BCUT2D eigenvalue weighted by Crippen LogP contribution is 2.29. The first-order valence-electron chi connectivity index (χ1n) is 5.09. The molecule has 15 heavy (non-hydrogen) atoms. The van der Waals surface area contributed by atoms with E-state index in [-0.39, 0.29) is 0 Å². The lowest BCUT2D eigenvalue weighted by Crippen LogP contribution is -1.97. The fourth-order valence-electron chi connectivity index (χ4n) is 1.59. The predicted molar refractivity (Wildman–Crippen MR) is 61.0 cm³/mol. The molecule has 2 heterocycles. The lowest BCUT2D eigenvalue weighted by atomic mass is 10.2. The van der Waals surface area contributed by atoms with Crippen molar-refractivity contribution in [1.82, 2.24) is 9.97 Å². The summed E-state index contributed by atoms with van der Waals surface area (Å²) >= 11 is 0. The van der Waals surface area contributed by atoms with Crippen molar-refractivity contribution in [2.24, 2.45) is 0 Å². The molecule has 0 atom stereocenters. The van der Waals surface area contributed by atoms with Gasteiger partial charge in [0.25, 0.3) is 0 Å². The molecule has 0 fully saturated rings. The number of hydrogen-bond acceptors (Lipinski definition) is 3. The lowest BCUT2D eigenvalue weighted by molar-refractivity contribution is 0.309. The van der Waals surface area contributed by atoms with Crippen LogP contribution in [0.25, 0.3) is 10.9 Å². The maximum atomic E-state index is 5.81. The molecule has 80 valence electrons. The molecular formula is C11H15N3O. The van der Waals surface area contributed by atoms with Gasteiger partial charge in [-0.05, 0) is 19.4 Å². The number of aryl methyl sites for hydroxylation is 1. The number of nitrogens with zero attached hydrogens (tertiary/aromatic N) is 1. The Morgan fingerprint density at radius 1 is 1.53 bits per heavy atom. The summed E-state index contributed by atoms with van der Waals surface area (Å²) < 4.78 is 5.58. The number of ether oxygens (including phenoxy) is 1. The van der Waals surface area contributed by atoms with Crippen LogP contribution in [0.2, 0.25) is 0 Å². The quantitative estimate of drug-likeness (QED) is 0.807. The van der Waals surface area contributed by atoms with Crippen LogP contribution in [-0.4, -0.2) is 16.6 Å². The van der Waals surface area contributed by atoms with Crippen LogP contribution in [0.1, 0.15) is 18.9 Å². The molecule has 0 aliphatic rings. The number of nitrogen functional groups attached to an aromatic ring is 1. The molecule has 0 saturated heterocycles. The Morgan fingerprint density at radius 2 is 2.33 bits per heavy atom. The number of H-pyrrole nitrogens is 1. The molecule has 0 aromatic carbocycles. The summed E-state index contributed by atoms with van der Waals surface area (Å²) in [6.07, 6.45) is 2.69. The summed E-state index contributed by atoms with van der Waals surface area (Å²) in [7, 11) is 0. The van der Waals surface area contributed by atoms with Gasteiger partial charge in [0.15, 0.2) is 0 Å². The molecule has 0 radical (unpaired) electrons. The second kappa shape index (κ2) is 3.81. The van der Waals surface area contributed by atoms with E-state index >= 15 is 0 Å². The van der Waals surface area contributed by atoms with E-state index in [1.807, 2.05) is 13.0 Å². The van der Waals surface area contributed by atoms with E-state index in [4.69, 9.17) is 10.5 Å². The topological polar surface area (TPSA) is 63.9 Å². The standard InChI is InChI=1S/C11H15N3O/c1-3-6-15-11-9-7(2)10(12)14-8(9)4-5-13-11/h4-5,14H,3,6,12H2,1-2H3. The van der Waals surface area contributed by atoms with Gasteiger partial charge in [0.2, 0.25) is 5.88 Å². The fraction of sp³-hybridized carbons (Fsp3) is 0.364. The fourth-order valence-corrected chi connectivity index (χ4v) is 1.59. The zero-order chi connectivity index (χ0) is 10.8. The van der Waals surface area contributed by atoms with Gasteiger partial charge in [-0.25, -0.2) is 4.98 Å². The molecule has 0 unspecified atom stereocenters. The van der Waals surface area contributed by atoms with Crippen molar-refractivity contribution >= 4 is 16.7 Å². The molecule has 2 aromatic rings. The molecular weight excluding hydrogens is 190 g/mol. The van der Waals surface area contributed by atoms with Crippen LogP contribution in [0.5, 0.6) is 5.88 Å². The molecule has 3 N–H and O–H groups in total. The molecule has 4 heteroatoms. The van der Waals surface area contributed by atoms with Gasteiger partial charge in [0, 0.05) is 11.8 Å². The van der Waals surface area contributed by atoms with Gasteiger partial charge < -0.3 is 15.5 Å². The number of nitrogens with two attached hydrogens (primary N) is 1. The Hall–Kier alpha value is -1.71. The highest BCUT2D eigenvalue weighted by molar-refractivity contribution is 5.91. The van der Waals surface area contributed by atoms with Gasteiger partial charge in [0.05, 0.1) is 17.5 Å². The number of aromatic amines is 1. The van der Waals surface area contributed by atoms with E-state index in [9.17, 15) is 0 Å². The first-order chi connectivity index (χ1) is 7.24. The molecule has 0 bridgehead atoms. The Labute approximate surface area is 88.5 Å². The summed E-state index contributed by atoms with van der Waals surface area (Å²) in [5, 5.41) is 0.989. The largest absolute Gasteiger partial charge is 0.477 e. The van der Waals surface area contributed by atoms with Crippen LogP contribution in [0, 0.1) is 6.92 Å².